The number of carbonyl (C=O) groups excluding carboxylic acids is 1. The molecule has 104 valence electrons. The van der Waals surface area contributed by atoms with Crippen LogP contribution in [0.5, 0.6) is 0 Å². The summed E-state index contributed by atoms with van der Waals surface area (Å²) in [6.45, 7) is 6.51. The molecule has 0 atom stereocenters. The van der Waals surface area contributed by atoms with Crippen molar-refractivity contribution in [3.63, 3.8) is 0 Å². The zero-order valence-electron chi connectivity index (χ0n) is 10.8. The number of benzene rings is 1. The van der Waals surface area contributed by atoms with Crippen LogP contribution in [0.25, 0.3) is 0 Å². The zero-order valence-corrected chi connectivity index (χ0v) is 12.3. The van der Waals surface area contributed by atoms with Crippen LogP contribution in [0, 0.1) is 0 Å². The lowest BCUT2D eigenvalue weighted by Gasteiger charge is -2.34. The summed E-state index contributed by atoms with van der Waals surface area (Å²) in [5, 5.41) is 3.76. The van der Waals surface area contributed by atoms with Crippen LogP contribution in [0.3, 0.4) is 0 Å². The van der Waals surface area contributed by atoms with Crippen molar-refractivity contribution in [2.75, 3.05) is 38.0 Å². The number of halogens is 2. The molecule has 0 aromatic heterocycles. The van der Waals surface area contributed by atoms with Gasteiger partial charge in [-0.05, 0) is 24.7 Å². The summed E-state index contributed by atoms with van der Waals surface area (Å²) in [7, 11) is 0. The lowest BCUT2D eigenvalue weighted by atomic mass is 10.3. The third kappa shape index (κ3) is 3.75. The summed E-state index contributed by atoms with van der Waals surface area (Å²) in [4.78, 5) is 16.2. The fourth-order valence-electron chi connectivity index (χ4n) is 2.04. The maximum Gasteiger partial charge on any atom is 0.321 e. The first kappa shape index (κ1) is 14.4. The molecule has 1 aromatic rings. The fourth-order valence-corrected chi connectivity index (χ4v) is 2.34. The van der Waals surface area contributed by atoms with E-state index in [1.807, 2.05) is 4.90 Å². The van der Waals surface area contributed by atoms with Crippen LogP contribution in [0.4, 0.5) is 10.5 Å². The Bertz CT molecular complexity index is 459. The van der Waals surface area contributed by atoms with Crippen LogP contribution < -0.4 is 5.32 Å². The van der Waals surface area contributed by atoms with Crippen molar-refractivity contribution in [1.82, 2.24) is 9.80 Å². The summed E-state index contributed by atoms with van der Waals surface area (Å²) in [6.07, 6.45) is 0. The van der Waals surface area contributed by atoms with Crippen LogP contribution >= 0.6 is 23.2 Å². The molecule has 1 aliphatic heterocycles. The van der Waals surface area contributed by atoms with E-state index < -0.39 is 0 Å². The van der Waals surface area contributed by atoms with Crippen LogP contribution in [0.1, 0.15) is 6.92 Å². The minimum absolute atomic E-state index is 0.0888. The summed E-state index contributed by atoms with van der Waals surface area (Å²) >= 11 is 11.8. The lowest BCUT2D eigenvalue weighted by Crippen LogP contribution is -2.49. The number of carbonyl (C=O) groups is 1. The van der Waals surface area contributed by atoms with E-state index >= 15 is 0 Å². The first-order chi connectivity index (χ1) is 9.10. The molecule has 2 rings (SSSR count). The molecule has 1 aliphatic rings. The third-order valence-electron chi connectivity index (χ3n) is 3.28. The molecular formula is C13H17Cl2N3O. The molecule has 0 unspecified atom stereocenters. The molecule has 1 aromatic carbocycles. The number of nitrogens with one attached hydrogen (secondary N) is 1. The Morgan fingerprint density at radius 2 is 1.89 bits per heavy atom. The number of hydrogen-bond acceptors (Lipinski definition) is 2. The summed E-state index contributed by atoms with van der Waals surface area (Å²) in [5.74, 6) is 0. The molecule has 0 radical (unpaired) electrons. The Morgan fingerprint density at radius 1 is 1.21 bits per heavy atom. The van der Waals surface area contributed by atoms with Crippen molar-refractivity contribution in [3.05, 3.63) is 28.2 Å². The maximum absolute atomic E-state index is 12.1. The Labute approximate surface area is 123 Å². The van der Waals surface area contributed by atoms with Gasteiger partial charge in [-0.15, -0.1) is 0 Å². The molecule has 1 N–H and O–H groups in total. The van der Waals surface area contributed by atoms with E-state index in [-0.39, 0.29) is 6.03 Å². The van der Waals surface area contributed by atoms with Crippen molar-refractivity contribution in [3.8, 4) is 0 Å². The molecule has 1 heterocycles. The first-order valence-electron chi connectivity index (χ1n) is 6.33. The Balaban J connectivity index is 1.92. The maximum atomic E-state index is 12.1. The highest BCUT2D eigenvalue weighted by Gasteiger charge is 2.20. The predicted octanol–water partition coefficient (Wildman–Crippen LogP) is 3.16. The Hall–Kier alpha value is -0.970. The number of urea groups is 1. The monoisotopic (exact) mass is 301 g/mol. The molecule has 4 nitrogen and oxygen atoms in total. The molecule has 2 amide bonds. The van der Waals surface area contributed by atoms with Crippen molar-refractivity contribution >= 4 is 34.9 Å². The van der Waals surface area contributed by atoms with Gasteiger partial charge in [0.2, 0.25) is 0 Å². The van der Waals surface area contributed by atoms with Gasteiger partial charge in [-0.25, -0.2) is 4.79 Å². The second-order valence-electron chi connectivity index (χ2n) is 4.48. The average molecular weight is 302 g/mol. The highest BCUT2D eigenvalue weighted by molar-refractivity contribution is 6.42. The zero-order chi connectivity index (χ0) is 13.8. The van der Waals surface area contributed by atoms with Gasteiger partial charge in [0.15, 0.2) is 0 Å². The van der Waals surface area contributed by atoms with E-state index in [1.165, 1.54) is 0 Å². The number of likely N-dealkylation sites (N-methyl/N-ethyl adjacent to an activating group) is 1. The highest BCUT2D eigenvalue weighted by Crippen LogP contribution is 2.25. The summed E-state index contributed by atoms with van der Waals surface area (Å²) in [5.41, 5.74) is 0.664. The number of hydrogen-bond donors (Lipinski definition) is 1. The number of nitrogens with zero attached hydrogens (tertiary/aromatic N) is 2. The van der Waals surface area contributed by atoms with Crippen LogP contribution in [-0.4, -0.2) is 48.6 Å². The van der Waals surface area contributed by atoms with Crippen LogP contribution in [0.2, 0.25) is 10.0 Å². The van der Waals surface area contributed by atoms with E-state index in [9.17, 15) is 4.79 Å². The topological polar surface area (TPSA) is 35.6 Å². The van der Waals surface area contributed by atoms with Crippen molar-refractivity contribution in [1.29, 1.82) is 0 Å². The molecule has 19 heavy (non-hydrogen) atoms. The molecule has 1 saturated heterocycles. The van der Waals surface area contributed by atoms with Gasteiger partial charge < -0.3 is 15.1 Å². The molecule has 0 aliphatic carbocycles. The van der Waals surface area contributed by atoms with Crippen molar-refractivity contribution in [2.24, 2.45) is 0 Å². The van der Waals surface area contributed by atoms with E-state index in [1.54, 1.807) is 18.2 Å². The molecular weight excluding hydrogens is 285 g/mol. The van der Waals surface area contributed by atoms with E-state index in [4.69, 9.17) is 23.2 Å². The van der Waals surface area contributed by atoms with E-state index in [2.05, 4.69) is 17.1 Å². The third-order valence-corrected chi connectivity index (χ3v) is 4.02. The van der Waals surface area contributed by atoms with Gasteiger partial charge in [-0.2, -0.15) is 0 Å². The van der Waals surface area contributed by atoms with Gasteiger partial charge in [0.1, 0.15) is 0 Å². The summed E-state index contributed by atoms with van der Waals surface area (Å²) < 4.78 is 0. The molecule has 0 spiro atoms. The molecule has 6 heteroatoms. The quantitative estimate of drug-likeness (QED) is 0.911. The van der Waals surface area contributed by atoms with Gasteiger partial charge in [0, 0.05) is 31.9 Å². The normalized spacial score (nSPS) is 16.5. The van der Waals surface area contributed by atoms with Crippen molar-refractivity contribution in [2.45, 2.75) is 6.92 Å². The Morgan fingerprint density at radius 3 is 2.47 bits per heavy atom. The second kappa shape index (κ2) is 6.46. The highest BCUT2D eigenvalue weighted by atomic mass is 35.5. The van der Waals surface area contributed by atoms with Gasteiger partial charge in [0.25, 0.3) is 0 Å². The first-order valence-corrected chi connectivity index (χ1v) is 7.09. The van der Waals surface area contributed by atoms with E-state index in [0.717, 1.165) is 32.7 Å². The average Bonchev–Trinajstić information content (AvgIpc) is 2.43. The van der Waals surface area contributed by atoms with E-state index in [0.29, 0.717) is 15.7 Å². The van der Waals surface area contributed by atoms with Gasteiger partial charge in [-0.1, -0.05) is 30.1 Å². The molecule has 0 bridgehead atoms. The minimum atomic E-state index is -0.0888. The molecule has 1 fully saturated rings. The van der Waals surface area contributed by atoms with Gasteiger partial charge >= 0.3 is 6.03 Å². The number of amides is 2. The lowest BCUT2D eigenvalue weighted by molar-refractivity contribution is 0.151. The van der Waals surface area contributed by atoms with Crippen molar-refractivity contribution < 1.29 is 4.79 Å². The number of rotatable bonds is 2. The minimum Gasteiger partial charge on any atom is -0.322 e. The van der Waals surface area contributed by atoms with Gasteiger partial charge in [0.05, 0.1) is 10.0 Å². The SMILES string of the molecule is CCN1CCN(C(=O)Nc2ccc(Cl)c(Cl)c2)CC1. The fraction of sp³-hybridized carbons (Fsp3) is 0.462. The standard InChI is InChI=1S/C13H17Cl2N3O/c1-2-17-5-7-18(8-6-17)13(19)16-10-3-4-11(14)12(15)9-10/h3-4,9H,2,5-8H2,1H3,(H,16,19). The number of anilines is 1. The van der Waals surface area contributed by atoms with Gasteiger partial charge in [-0.3, -0.25) is 0 Å². The largest absolute Gasteiger partial charge is 0.322 e. The van der Waals surface area contributed by atoms with Crippen LogP contribution in [-0.2, 0) is 0 Å². The Kier molecular flexibility index (Phi) is 4.91. The second-order valence-corrected chi connectivity index (χ2v) is 5.29. The molecule has 0 saturated carbocycles. The summed E-state index contributed by atoms with van der Waals surface area (Å²) in [6, 6.07) is 4.99. The number of piperazine rings is 1. The predicted molar refractivity (Wildman–Crippen MR) is 79.2 cm³/mol. The van der Waals surface area contributed by atoms with Crippen LogP contribution in [0.15, 0.2) is 18.2 Å². The smallest absolute Gasteiger partial charge is 0.321 e.